The fourth-order valence-electron chi connectivity index (χ4n) is 2.25. The molecule has 1 aliphatic rings. The molecule has 0 bridgehead atoms. The summed E-state index contributed by atoms with van der Waals surface area (Å²) in [5.74, 6) is 1.08. The molecule has 1 aromatic rings. The van der Waals surface area contributed by atoms with Crippen molar-refractivity contribution in [1.29, 1.82) is 0 Å². The molecule has 3 nitrogen and oxygen atoms in total. The molecule has 0 aromatic heterocycles. The Hall–Kier alpha value is -1.06. The summed E-state index contributed by atoms with van der Waals surface area (Å²) in [6.45, 7) is 3.84. The van der Waals surface area contributed by atoms with Gasteiger partial charge in [-0.1, -0.05) is 12.1 Å². The number of nitrogens with one attached hydrogen (secondary N) is 1. The summed E-state index contributed by atoms with van der Waals surface area (Å²) in [4.78, 5) is 0. The molecule has 2 rings (SSSR count). The van der Waals surface area contributed by atoms with Crippen molar-refractivity contribution in [3.63, 3.8) is 0 Å². The van der Waals surface area contributed by atoms with Crippen LogP contribution in [0.15, 0.2) is 18.2 Å². The lowest BCUT2D eigenvalue weighted by molar-refractivity contribution is 0.192. The van der Waals surface area contributed by atoms with Crippen LogP contribution in [0.3, 0.4) is 0 Å². The van der Waals surface area contributed by atoms with Gasteiger partial charge in [0.25, 0.3) is 0 Å². The maximum atomic E-state index is 5.51. The molecule has 0 saturated carbocycles. The summed E-state index contributed by atoms with van der Waals surface area (Å²) in [6.07, 6.45) is 4.48. The van der Waals surface area contributed by atoms with Gasteiger partial charge < -0.3 is 14.8 Å². The predicted molar refractivity (Wildman–Crippen MR) is 73.3 cm³/mol. The van der Waals surface area contributed by atoms with Crippen LogP contribution in [0.25, 0.3) is 0 Å². The highest BCUT2D eigenvalue weighted by Gasteiger charge is 2.11. The lowest BCUT2D eigenvalue weighted by Crippen LogP contribution is -2.18. The Kier molecular flexibility index (Phi) is 5.49. The van der Waals surface area contributed by atoms with Gasteiger partial charge in [0.1, 0.15) is 5.75 Å². The second-order valence-corrected chi connectivity index (χ2v) is 4.74. The summed E-state index contributed by atoms with van der Waals surface area (Å²) < 4.78 is 10.5. The number of unbranched alkanes of at least 4 members (excludes halogenated alkanes) is 1. The molecule has 18 heavy (non-hydrogen) atoms. The number of fused-ring (bicyclic) bond motifs is 1. The van der Waals surface area contributed by atoms with Crippen molar-refractivity contribution < 1.29 is 9.47 Å². The van der Waals surface area contributed by atoms with Gasteiger partial charge in [-0.2, -0.15) is 0 Å². The third kappa shape index (κ3) is 4.00. The molecule has 1 aromatic carbocycles. The molecule has 0 spiro atoms. The molecule has 1 N–H and O–H groups in total. The van der Waals surface area contributed by atoms with Gasteiger partial charge in [-0.05, 0) is 49.5 Å². The van der Waals surface area contributed by atoms with E-state index in [0.717, 1.165) is 51.3 Å². The van der Waals surface area contributed by atoms with Crippen LogP contribution in [0.4, 0.5) is 0 Å². The van der Waals surface area contributed by atoms with E-state index in [0.29, 0.717) is 0 Å². The molecule has 0 radical (unpaired) electrons. The van der Waals surface area contributed by atoms with E-state index in [-0.39, 0.29) is 0 Å². The topological polar surface area (TPSA) is 30.5 Å². The monoisotopic (exact) mass is 249 g/mol. The molecule has 0 fully saturated rings. The van der Waals surface area contributed by atoms with Gasteiger partial charge in [-0.3, -0.25) is 0 Å². The van der Waals surface area contributed by atoms with E-state index < -0.39 is 0 Å². The largest absolute Gasteiger partial charge is 0.493 e. The Bertz CT molecular complexity index is 366. The zero-order valence-electron chi connectivity index (χ0n) is 11.2. The minimum absolute atomic E-state index is 0.844. The van der Waals surface area contributed by atoms with Crippen molar-refractivity contribution in [2.24, 2.45) is 0 Å². The van der Waals surface area contributed by atoms with Crippen LogP contribution >= 0.6 is 0 Å². The highest BCUT2D eigenvalue weighted by Crippen LogP contribution is 2.25. The molecule has 0 amide bonds. The molecule has 1 aliphatic heterocycles. The molecular weight excluding hydrogens is 226 g/mol. The summed E-state index contributed by atoms with van der Waals surface area (Å²) >= 11 is 0. The fraction of sp³-hybridized carbons (Fsp3) is 0.600. The zero-order valence-corrected chi connectivity index (χ0v) is 11.2. The first kappa shape index (κ1) is 13.4. The molecule has 0 saturated heterocycles. The first-order valence-electron chi connectivity index (χ1n) is 6.84. The van der Waals surface area contributed by atoms with E-state index in [1.54, 1.807) is 7.11 Å². The van der Waals surface area contributed by atoms with Crippen LogP contribution in [0, 0.1) is 0 Å². The SMILES string of the molecule is COCCCCNCCc1ccc2c(c1)CCO2. The standard InChI is InChI=1S/C15H23NO2/c1-17-10-3-2-8-16-9-6-13-4-5-15-14(12-13)7-11-18-15/h4-5,12,16H,2-3,6-11H2,1H3. The molecule has 0 atom stereocenters. The summed E-state index contributed by atoms with van der Waals surface area (Å²) in [6, 6.07) is 6.57. The van der Waals surface area contributed by atoms with Crippen molar-refractivity contribution in [2.75, 3.05) is 33.4 Å². The number of rotatable bonds is 8. The molecular formula is C15H23NO2. The van der Waals surface area contributed by atoms with Crippen molar-refractivity contribution in [1.82, 2.24) is 5.32 Å². The predicted octanol–water partition coefficient (Wildman–Crippen LogP) is 2.18. The Morgan fingerprint density at radius 1 is 1.28 bits per heavy atom. The lowest BCUT2D eigenvalue weighted by Gasteiger charge is -2.06. The highest BCUT2D eigenvalue weighted by atomic mass is 16.5. The van der Waals surface area contributed by atoms with Gasteiger partial charge in [0.2, 0.25) is 0 Å². The number of hydrogen-bond donors (Lipinski definition) is 1. The van der Waals surface area contributed by atoms with Gasteiger partial charge >= 0.3 is 0 Å². The van der Waals surface area contributed by atoms with E-state index in [9.17, 15) is 0 Å². The average Bonchev–Trinajstić information content (AvgIpc) is 2.85. The number of ether oxygens (including phenoxy) is 2. The van der Waals surface area contributed by atoms with E-state index >= 15 is 0 Å². The maximum absolute atomic E-state index is 5.51. The Labute approximate surface area is 109 Å². The van der Waals surface area contributed by atoms with Gasteiger partial charge in [0, 0.05) is 20.1 Å². The summed E-state index contributed by atoms with van der Waals surface area (Å²) in [5.41, 5.74) is 2.77. The quantitative estimate of drug-likeness (QED) is 0.716. The third-order valence-electron chi connectivity index (χ3n) is 3.30. The number of hydrogen-bond acceptors (Lipinski definition) is 3. The van der Waals surface area contributed by atoms with Gasteiger partial charge in [-0.15, -0.1) is 0 Å². The molecule has 100 valence electrons. The maximum Gasteiger partial charge on any atom is 0.122 e. The van der Waals surface area contributed by atoms with E-state index in [1.807, 2.05) is 0 Å². The molecule has 0 aliphatic carbocycles. The van der Waals surface area contributed by atoms with Crippen molar-refractivity contribution in [2.45, 2.75) is 25.7 Å². The van der Waals surface area contributed by atoms with Crippen LogP contribution in [0.1, 0.15) is 24.0 Å². The highest BCUT2D eigenvalue weighted by molar-refractivity contribution is 5.39. The first-order valence-corrected chi connectivity index (χ1v) is 6.84. The second-order valence-electron chi connectivity index (χ2n) is 4.74. The van der Waals surface area contributed by atoms with Crippen LogP contribution in [-0.4, -0.2) is 33.4 Å². The van der Waals surface area contributed by atoms with Crippen molar-refractivity contribution in [3.05, 3.63) is 29.3 Å². The Morgan fingerprint density at radius 3 is 3.11 bits per heavy atom. The first-order chi connectivity index (χ1) is 8.90. The van der Waals surface area contributed by atoms with Crippen molar-refractivity contribution >= 4 is 0 Å². The van der Waals surface area contributed by atoms with Crippen molar-refractivity contribution in [3.8, 4) is 5.75 Å². The van der Waals surface area contributed by atoms with Crippen LogP contribution in [0.5, 0.6) is 5.75 Å². The van der Waals surface area contributed by atoms with Gasteiger partial charge in [0.05, 0.1) is 6.61 Å². The number of methoxy groups -OCH3 is 1. The second kappa shape index (κ2) is 7.39. The average molecular weight is 249 g/mol. The summed E-state index contributed by atoms with van der Waals surface area (Å²) in [7, 11) is 1.75. The van der Waals surface area contributed by atoms with E-state index in [4.69, 9.17) is 9.47 Å². The zero-order chi connectivity index (χ0) is 12.6. The molecule has 0 unspecified atom stereocenters. The third-order valence-corrected chi connectivity index (χ3v) is 3.30. The van der Waals surface area contributed by atoms with Gasteiger partial charge in [-0.25, -0.2) is 0 Å². The normalized spacial score (nSPS) is 13.4. The van der Waals surface area contributed by atoms with E-state index in [2.05, 4.69) is 23.5 Å². The molecule has 3 heteroatoms. The van der Waals surface area contributed by atoms with Crippen LogP contribution in [-0.2, 0) is 17.6 Å². The van der Waals surface area contributed by atoms with E-state index in [1.165, 1.54) is 17.5 Å². The minimum atomic E-state index is 0.844. The number of benzene rings is 1. The van der Waals surface area contributed by atoms with Gasteiger partial charge in [0.15, 0.2) is 0 Å². The minimum Gasteiger partial charge on any atom is -0.493 e. The van der Waals surface area contributed by atoms with Crippen LogP contribution in [0.2, 0.25) is 0 Å². The lowest BCUT2D eigenvalue weighted by atomic mass is 10.1. The Morgan fingerprint density at radius 2 is 2.22 bits per heavy atom. The van der Waals surface area contributed by atoms with Crippen LogP contribution < -0.4 is 10.1 Å². The molecule has 1 heterocycles. The fourth-order valence-corrected chi connectivity index (χ4v) is 2.25. The summed E-state index contributed by atoms with van der Waals surface area (Å²) in [5, 5.41) is 3.47. The smallest absolute Gasteiger partial charge is 0.122 e. The Balaban J connectivity index is 1.62.